The van der Waals surface area contributed by atoms with Gasteiger partial charge in [0.05, 0.1) is 17.2 Å². The second-order valence-corrected chi connectivity index (χ2v) is 7.69. The van der Waals surface area contributed by atoms with Crippen LogP contribution in [0.25, 0.3) is 4.85 Å². The fourth-order valence-electron chi connectivity index (χ4n) is 3.25. The van der Waals surface area contributed by atoms with E-state index in [0.29, 0.717) is 16.3 Å². The van der Waals surface area contributed by atoms with E-state index in [1.807, 2.05) is 18.2 Å². The molecule has 0 heterocycles. The third-order valence-electron chi connectivity index (χ3n) is 4.81. The van der Waals surface area contributed by atoms with Crippen molar-refractivity contribution in [3.63, 3.8) is 0 Å². The van der Waals surface area contributed by atoms with E-state index < -0.39 is 17.9 Å². The highest BCUT2D eigenvalue weighted by Gasteiger charge is 2.32. The highest BCUT2D eigenvalue weighted by Crippen LogP contribution is 2.27. The largest absolute Gasteiger partial charge is 0.480 e. The molecular weight excluding hydrogens is 435 g/mol. The molecular formula is C24H18Cl2N2O3. The SMILES string of the molecule is [C-]#[N+]c1ccccc1CN(C(=O)c1ccc(Cl)cc1Cl)[C@@H](Cc1ccccc1)C(=O)O. The third kappa shape index (κ3) is 5.43. The van der Waals surface area contributed by atoms with Crippen LogP contribution in [-0.2, 0) is 17.8 Å². The maximum absolute atomic E-state index is 13.5. The van der Waals surface area contributed by atoms with Crippen LogP contribution in [0.15, 0.2) is 72.8 Å². The molecule has 0 unspecified atom stereocenters. The van der Waals surface area contributed by atoms with E-state index in [0.717, 1.165) is 5.56 Å². The van der Waals surface area contributed by atoms with Crippen LogP contribution in [0.3, 0.4) is 0 Å². The zero-order valence-corrected chi connectivity index (χ0v) is 17.8. The highest BCUT2D eigenvalue weighted by molar-refractivity contribution is 6.36. The van der Waals surface area contributed by atoms with Crippen molar-refractivity contribution in [3.05, 3.63) is 111 Å². The van der Waals surface area contributed by atoms with E-state index in [-0.39, 0.29) is 23.6 Å². The molecule has 0 bridgehead atoms. The van der Waals surface area contributed by atoms with Crippen molar-refractivity contribution in [1.82, 2.24) is 4.90 Å². The molecule has 0 saturated carbocycles. The van der Waals surface area contributed by atoms with Gasteiger partial charge < -0.3 is 10.0 Å². The van der Waals surface area contributed by atoms with Crippen molar-refractivity contribution in [2.45, 2.75) is 19.0 Å². The number of aliphatic carboxylic acids is 1. The van der Waals surface area contributed by atoms with Crippen LogP contribution >= 0.6 is 23.2 Å². The van der Waals surface area contributed by atoms with Crippen molar-refractivity contribution in [3.8, 4) is 0 Å². The molecule has 0 fully saturated rings. The Hall–Kier alpha value is -3.33. The Morgan fingerprint density at radius 3 is 2.32 bits per heavy atom. The molecule has 3 aromatic rings. The molecule has 0 aliphatic carbocycles. The van der Waals surface area contributed by atoms with Gasteiger partial charge in [-0.15, -0.1) is 0 Å². The van der Waals surface area contributed by atoms with Crippen molar-refractivity contribution in [2.75, 3.05) is 0 Å². The summed E-state index contributed by atoms with van der Waals surface area (Å²) >= 11 is 12.2. The molecule has 1 N–H and O–H groups in total. The van der Waals surface area contributed by atoms with Gasteiger partial charge in [-0.3, -0.25) is 4.79 Å². The molecule has 0 aromatic heterocycles. The van der Waals surface area contributed by atoms with Gasteiger partial charge in [0, 0.05) is 18.0 Å². The summed E-state index contributed by atoms with van der Waals surface area (Å²) in [5.41, 5.74) is 1.82. The standard InChI is InChI=1S/C24H18Cl2N2O3/c1-27-21-10-6-5-9-17(21)15-28(23(29)19-12-11-18(25)14-20(19)26)22(24(30)31)13-16-7-3-2-4-8-16/h2-12,14,22H,13,15H2,(H,30,31)/t22-/m0/s1. The summed E-state index contributed by atoms with van der Waals surface area (Å²) in [5, 5.41) is 10.5. The zero-order valence-electron chi connectivity index (χ0n) is 16.3. The summed E-state index contributed by atoms with van der Waals surface area (Å²) < 4.78 is 0. The van der Waals surface area contributed by atoms with Crippen LogP contribution in [0.5, 0.6) is 0 Å². The van der Waals surface area contributed by atoms with Gasteiger partial charge in [-0.2, -0.15) is 0 Å². The summed E-state index contributed by atoms with van der Waals surface area (Å²) in [6.45, 7) is 7.34. The molecule has 7 heteroatoms. The quantitative estimate of drug-likeness (QED) is 0.455. The summed E-state index contributed by atoms with van der Waals surface area (Å²) in [7, 11) is 0. The van der Waals surface area contributed by atoms with E-state index in [1.165, 1.54) is 23.1 Å². The summed E-state index contributed by atoms with van der Waals surface area (Å²) in [6, 6.07) is 19.1. The molecule has 31 heavy (non-hydrogen) atoms. The number of hydrogen-bond donors (Lipinski definition) is 1. The van der Waals surface area contributed by atoms with Gasteiger partial charge in [-0.25, -0.2) is 9.64 Å². The van der Waals surface area contributed by atoms with Gasteiger partial charge in [0.2, 0.25) is 0 Å². The molecule has 5 nitrogen and oxygen atoms in total. The molecule has 0 saturated heterocycles. The van der Waals surface area contributed by atoms with Crippen molar-refractivity contribution in [2.24, 2.45) is 0 Å². The van der Waals surface area contributed by atoms with E-state index >= 15 is 0 Å². The maximum atomic E-state index is 13.5. The molecule has 1 atom stereocenters. The number of hydrogen-bond acceptors (Lipinski definition) is 2. The lowest BCUT2D eigenvalue weighted by atomic mass is 10.0. The van der Waals surface area contributed by atoms with Crippen LogP contribution in [0.4, 0.5) is 5.69 Å². The number of para-hydroxylation sites is 1. The normalized spacial score (nSPS) is 11.4. The van der Waals surface area contributed by atoms with E-state index in [1.54, 1.807) is 36.4 Å². The molecule has 0 spiro atoms. The summed E-state index contributed by atoms with van der Waals surface area (Å²) in [4.78, 5) is 30.5. The van der Waals surface area contributed by atoms with Gasteiger partial charge in [-0.1, -0.05) is 77.8 Å². The Kier molecular flexibility index (Phi) is 7.30. The second kappa shape index (κ2) is 10.1. The number of rotatable bonds is 7. The van der Waals surface area contributed by atoms with Crippen molar-refractivity contribution >= 4 is 40.8 Å². The first-order chi connectivity index (χ1) is 14.9. The van der Waals surface area contributed by atoms with E-state index in [2.05, 4.69) is 4.85 Å². The topological polar surface area (TPSA) is 62.0 Å². The number of carbonyl (C=O) groups excluding carboxylic acids is 1. The summed E-state index contributed by atoms with van der Waals surface area (Å²) in [6.07, 6.45) is 0.104. The number of halogens is 2. The fraction of sp³-hybridized carbons (Fsp3) is 0.125. The second-order valence-electron chi connectivity index (χ2n) is 6.84. The predicted octanol–water partition coefficient (Wildman–Crippen LogP) is 5.88. The maximum Gasteiger partial charge on any atom is 0.326 e. The van der Waals surface area contributed by atoms with Crippen LogP contribution in [0.2, 0.25) is 10.0 Å². The monoisotopic (exact) mass is 452 g/mol. The first kappa shape index (κ1) is 22.4. The van der Waals surface area contributed by atoms with Gasteiger partial charge in [0.25, 0.3) is 5.91 Å². The first-order valence-electron chi connectivity index (χ1n) is 9.39. The Bertz CT molecular complexity index is 1140. The molecule has 3 aromatic carbocycles. The molecule has 3 rings (SSSR count). The Balaban J connectivity index is 2.06. The van der Waals surface area contributed by atoms with Crippen molar-refractivity contribution in [1.29, 1.82) is 0 Å². The Morgan fingerprint density at radius 1 is 1.00 bits per heavy atom. The molecule has 0 radical (unpaired) electrons. The van der Waals surface area contributed by atoms with Gasteiger partial charge in [0.1, 0.15) is 6.04 Å². The smallest absolute Gasteiger partial charge is 0.326 e. The minimum Gasteiger partial charge on any atom is -0.480 e. The lowest BCUT2D eigenvalue weighted by Gasteiger charge is -2.30. The van der Waals surface area contributed by atoms with Crippen LogP contribution in [-0.4, -0.2) is 27.9 Å². The fourth-order valence-corrected chi connectivity index (χ4v) is 3.74. The highest BCUT2D eigenvalue weighted by atomic mass is 35.5. The Labute approximate surface area is 190 Å². The number of nitrogens with zero attached hydrogens (tertiary/aromatic N) is 2. The van der Waals surface area contributed by atoms with Crippen LogP contribution in [0.1, 0.15) is 21.5 Å². The number of carbonyl (C=O) groups is 2. The number of benzene rings is 3. The van der Waals surface area contributed by atoms with Gasteiger partial charge >= 0.3 is 5.97 Å². The van der Waals surface area contributed by atoms with Crippen LogP contribution < -0.4 is 0 Å². The first-order valence-corrected chi connectivity index (χ1v) is 10.1. The molecule has 0 aliphatic heterocycles. The van der Waals surface area contributed by atoms with Gasteiger partial charge in [-0.05, 0) is 29.3 Å². The van der Waals surface area contributed by atoms with E-state index in [9.17, 15) is 14.7 Å². The van der Waals surface area contributed by atoms with Crippen molar-refractivity contribution < 1.29 is 14.7 Å². The Morgan fingerprint density at radius 2 is 1.68 bits per heavy atom. The average molecular weight is 453 g/mol. The number of carboxylic acid groups (broad SMARTS) is 1. The zero-order chi connectivity index (χ0) is 22.4. The average Bonchev–Trinajstić information content (AvgIpc) is 2.76. The molecule has 0 aliphatic rings. The van der Waals surface area contributed by atoms with E-state index in [4.69, 9.17) is 29.8 Å². The minimum absolute atomic E-state index is 0.0554. The predicted molar refractivity (Wildman–Crippen MR) is 121 cm³/mol. The third-order valence-corrected chi connectivity index (χ3v) is 5.36. The molecule has 1 amide bonds. The molecule has 156 valence electrons. The van der Waals surface area contributed by atoms with Gasteiger partial charge in [0.15, 0.2) is 5.69 Å². The minimum atomic E-state index is -1.17. The lowest BCUT2D eigenvalue weighted by Crippen LogP contribution is -2.46. The number of carboxylic acids is 1. The lowest BCUT2D eigenvalue weighted by molar-refractivity contribution is -0.142. The summed E-state index contributed by atoms with van der Waals surface area (Å²) in [5.74, 6) is -1.70. The number of amides is 1. The van der Waals surface area contributed by atoms with Crippen LogP contribution in [0, 0.1) is 6.57 Å².